The van der Waals surface area contributed by atoms with Gasteiger partial charge in [0.15, 0.2) is 0 Å². The molecule has 0 aliphatic carbocycles. The van der Waals surface area contributed by atoms with E-state index < -0.39 is 0 Å². The third kappa shape index (κ3) is 2.76. The van der Waals surface area contributed by atoms with Crippen LogP contribution in [0.25, 0.3) is 0 Å². The van der Waals surface area contributed by atoms with Gasteiger partial charge in [-0.2, -0.15) is 5.26 Å². The number of rotatable bonds is 1. The standard InChI is InChI=1S/C11H7ClFN/c12-6-1-2-9-3-4-11(13)10(8-9)5-7-14/h3-4,8H,5-6H2. The molecule has 0 radical (unpaired) electrons. The molecule has 0 amide bonds. The number of nitriles is 1. The van der Waals surface area contributed by atoms with Gasteiger partial charge in [0.05, 0.1) is 18.4 Å². The highest BCUT2D eigenvalue weighted by atomic mass is 35.5. The molecule has 0 unspecified atom stereocenters. The van der Waals surface area contributed by atoms with Crippen LogP contribution in [-0.2, 0) is 6.42 Å². The van der Waals surface area contributed by atoms with Crippen LogP contribution in [0.15, 0.2) is 18.2 Å². The summed E-state index contributed by atoms with van der Waals surface area (Å²) in [7, 11) is 0. The topological polar surface area (TPSA) is 23.8 Å². The quantitative estimate of drug-likeness (QED) is 0.513. The molecule has 0 aliphatic heterocycles. The van der Waals surface area contributed by atoms with Crippen LogP contribution in [0, 0.1) is 29.0 Å². The number of alkyl halides is 1. The molecule has 0 N–H and O–H groups in total. The van der Waals surface area contributed by atoms with Crippen molar-refractivity contribution in [1.29, 1.82) is 5.26 Å². The smallest absolute Gasteiger partial charge is 0.127 e. The average Bonchev–Trinajstić information content (AvgIpc) is 2.19. The van der Waals surface area contributed by atoms with Gasteiger partial charge in [-0.05, 0) is 18.2 Å². The molecule has 1 aromatic rings. The molecule has 0 aliphatic rings. The van der Waals surface area contributed by atoms with E-state index in [9.17, 15) is 4.39 Å². The molecule has 0 fully saturated rings. The van der Waals surface area contributed by atoms with E-state index >= 15 is 0 Å². The zero-order valence-corrected chi connectivity index (χ0v) is 8.11. The summed E-state index contributed by atoms with van der Waals surface area (Å²) in [5.41, 5.74) is 1.05. The molecule has 1 nitrogen and oxygen atoms in total. The number of nitrogens with zero attached hydrogens (tertiary/aromatic N) is 1. The molecule has 0 saturated carbocycles. The van der Waals surface area contributed by atoms with Crippen molar-refractivity contribution in [2.75, 3.05) is 5.88 Å². The zero-order valence-electron chi connectivity index (χ0n) is 7.35. The lowest BCUT2D eigenvalue weighted by atomic mass is 10.1. The van der Waals surface area contributed by atoms with E-state index in [4.69, 9.17) is 16.9 Å². The largest absolute Gasteiger partial charge is 0.207 e. The maximum Gasteiger partial charge on any atom is 0.127 e. The van der Waals surface area contributed by atoms with Crippen LogP contribution in [0.4, 0.5) is 4.39 Å². The first-order chi connectivity index (χ1) is 6.77. The number of benzene rings is 1. The maximum absolute atomic E-state index is 13.1. The fourth-order valence-electron chi connectivity index (χ4n) is 1.01. The van der Waals surface area contributed by atoms with Crippen LogP contribution < -0.4 is 0 Å². The molecule has 0 atom stereocenters. The normalized spacial score (nSPS) is 8.64. The molecular formula is C11H7ClFN. The van der Waals surface area contributed by atoms with E-state index in [-0.39, 0.29) is 18.1 Å². The molecule has 0 saturated heterocycles. The number of hydrogen-bond donors (Lipinski definition) is 0. The summed E-state index contributed by atoms with van der Waals surface area (Å²) in [5.74, 6) is 5.29. The van der Waals surface area contributed by atoms with E-state index in [0.29, 0.717) is 11.1 Å². The van der Waals surface area contributed by atoms with Crippen molar-refractivity contribution in [3.63, 3.8) is 0 Å². The van der Waals surface area contributed by atoms with E-state index in [0.717, 1.165) is 0 Å². The van der Waals surface area contributed by atoms with Crippen molar-refractivity contribution in [2.24, 2.45) is 0 Å². The minimum atomic E-state index is -0.372. The SMILES string of the molecule is N#CCc1cc(C#CCCl)ccc1F. The van der Waals surface area contributed by atoms with Crippen molar-refractivity contribution in [3.8, 4) is 17.9 Å². The monoisotopic (exact) mass is 207 g/mol. The second kappa shape index (κ2) is 5.27. The predicted octanol–water partition coefficient (Wildman–Crippen LogP) is 2.48. The van der Waals surface area contributed by atoms with Crippen molar-refractivity contribution < 1.29 is 4.39 Å². The molecule has 1 rings (SSSR count). The summed E-state index contributed by atoms with van der Waals surface area (Å²) in [5, 5.41) is 8.44. The Bertz CT molecular complexity index is 423. The van der Waals surface area contributed by atoms with Gasteiger partial charge in [-0.15, -0.1) is 11.6 Å². The second-order valence-corrected chi connectivity index (χ2v) is 2.84. The Balaban J connectivity index is 3.01. The van der Waals surface area contributed by atoms with Gasteiger partial charge in [0, 0.05) is 11.1 Å². The van der Waals surface area contributed by atoms with Gasteiger partial charge in [-0.25, -0.2) is 4.39 Å². The van der Waals surface area contributed by atoms with Gasteiger partial charge in [0.25, 0.3) is 0 Å². The molecule has 1 aromatic carbocycles. The number of halogens is 2. The van der Waals surface area contributed by atoms with Gasteiger partial charge in [0.1, 0.15) is 5.82 Å². The lowest BCUT2D eigenvalue weighted by Crippen LogP contribution is -1.89. The van der Waals surface area contributed by atoms with Crippen molar-refractivity contribution in [1.82, 2.24) is 0 Å². The highest BCUT2D eigenvalue weighted by molar-refractivity contribution is 6.19. The van der Waals surface area contributed by atoms with Crippen LogP contribution >= 0.6 is 11.6 Å². The van der Waals surface area contributed by atoms with E-state index in [2.05, 4.69) is 11.8 Å². The van der Waals surface area contributed by atoms with Crippen LogP contribution in [0.2, 0.25) is 0 Å². The van der Waals surface area contributed by atoms with E-state index in [1.807, 2.05) is 6.07 Å². The first-order valence-electron chi connectivity index (χ1n) is 3.98. The Morgan fingerprint density at radius 3 is 2.86 bits per heavy atom. The molecule has 0 bridgehead atoms. The summed E-state index contributed by atoms with van der Waals surface area (Å²) in [4.78, 5) is 0. The summed E-state index contributed by atoms with van der Waals surface area (Å²) in [6, 6.07) is 6.34. The predicted molar refractivity (Wildman–Crippen MR) is 53.3 cm³/mol. The molecule has 0 aromatic heterocycles. The molecule has 70 valence electrons. The molecule has 0 spiro atoms. The van der Waals surface area contributed by atoms with Crippen LogP contribution in [0.3, 0.4) is 0 Å². The highest BCUT2D eigenvalue weighted by Crippen LogP contribution is 2.10. The first-order valence-corrected chi connectivity index (χ1v) is 4.51. The van der Waals surface area contributed by atoms with E-state index in [1.54, 1.807) is 12.1 Å². The fraction of sp³-hybridized carbons (Fsp3) is 0.182. The first kappa shape index (κ1) is 10.6. The minimum Gasteiger partial charge on any atom is -0.207 e. The van der Waals surface area contributed by atoms with Crippen molar-refractivity contribution >= 4 is 11.6 Å². The summed E-state index contributed by atoms with van der Waals surface area (Å²) in [6.07, 6.45) is 0.0578. The average molecular weight is 208 g/mol. The van der Waals surface area contributed by atoms with Gasteiger partial charge in [-0.1, -0.05) is 11.8 Å². The lowest BCUT2D eigenvalue weighted by Gasteiger charge is -1.97. The Labute approximate surface area is 87.1 Å². The van der Waals surface area contributed by atoms with Crippen LogP contribution in [0.1, 0.15) is 11.1 Å². The lowest BCUT2D eigenvalue weighted by molar-refractivity contribution is 0.615. The fourth-order valence-corrected chi connectivity index (χ4v) is 1.08. The highest BCUT2D eigenvalue weighted by Gasteiger charge is 2.01. The van der Waals surface area contributed by atoms with Crippen LogP contribution in [0.5, 0.6) is 0 Å². The summed E-state index contributed by atoms with van der Waals surface area (Å²) in [6.45, 7) is 0. The van der Waals surface area contributed by atoms with Gasteiger partial charge in [0.2, 0.25) is 0 Å². The second-order valence-electron chi connectivity index (χ2n) is 2.58. The van der Waals surface area contributed by atoms with E-state index in [1.165, 1.54) is 6.07 Å². The Morgan fingerprint density at radius 2 is 2.21 bits per heavy atom. The van der Waals surface area contributed by atoms with Gasteiger partial charge < -0.3 is 0 Å². The van der Waals surface area contributed by atoms with Gasteiger partial charge >= 0.3 is 0 Å². The maximum atomic E-state index is 13.1. The summed E-state index contributed by atoms with van der Waals surface area (Å²) < 4.78 is 13.1. The molecule has 3 heteroatoms. The third-order valence-corrected chi connectivity index (χ3v) is 1.75. The minimum absolute atomic E-state index is 0.0578. The van der Waals surface area contributed by atoms with Crippen molar-refractivity contribution in [3.05, 3.63) is 35.1 Å². The van der Waals surface area contributed by atoms with Crippen LogP contribution in [-0.4, -0.2) is 5.88 Å². The van der Waals surface area contributed by atoms with Crippen molar-refractivity contribution in [2.45, 2.75) is 6.42 Å². The van der Waals surface area contributed by atoms with Gasteiger partial charge in [-0.3, -0.25) is 0 Å². The molecule has 0 heterocycles. The number of hydrogen-bond acceptors (Lipinski definition) is 1. The Morgan fingerprint density at radius 1 is 1.43 bits per heavy atom. The zero-order chi connectivity index (χ0) is 10.4. The Kier molecular flexibility index (Phi) is 3.98. The third-order valence-electron chi connectivity index (χ3n) is 1.61. The molecular weight excluding hydrogens is 201 g/mol. The Hall–Kier alpha value is -1.51. The molecule has 14 heavy (non-hydrogen) atoms. The summed E-state index contributed by atoms with van der Waals surface area (Å²) >= 11 is 5.38.